The number of carbonyl (C=O) groups excluding carboxylic acids is 1. The molecule has 23 heavy (non-hydrogen) atoms. The van der Waals surface area contributed by atoms with Gasteiger partial charge in [-0.05, 0) is 47.1 Å². The van der Waals surface area contributed by atoms with E-state index in [4.69, 9.17) is 9.15 Å². The average molecular weight is 385 g/mol. The van der Waals surface area contributed by atoms with E-state index in [0.29, 0.717) is 10.2 Å². The predicted octanol–water partition coefficient (Wildman–Crippen LogP) is 4.70. The number of carbonyl (C=O) groups is 1. The van der Waals surface area contributed by atoms with Crippen molar-refractivity contribution in [3.8, 4) is 0 Å². The second-order valence-corrected chi connectivity index (χ2v) is 5.54. The van der Waals surface area contributed by atoms with Crippen molar-refractivity contribution in [3.63, 3.8) is 0 Å². The molecule has 1 aromatic carbocycles. The zero-order chi connectivity index (χ0) is 16.6. The van der Waals surface area contributed by atoms with Crippen LogP contribution in [-0.4, -0.2) is 15.5 Å². The summed E-state index contributed by atoms with van der Waals surface area (Å²) in [5.41, 5.74) is 0.688. The monoisotopic (exact) mass is 384 g/mol. The molecule has 0 saturated carbocycles. The van der Waals surface area contributed by atoms with E-state index in [1.807, 2.05) is 0 Å². The fraction of sp³-hybridized carbons (Fsp3) is 0.200. The highest BCUT2D eigenvalue weighted by molar-refractivity contribution is 9.10. The fourth-order valence-electron chi connectivity index (χ4n) is 2.25. The molecule has 0 fully saturated rings. The van der Waals surface area contributed by atoms with Gasteiger partial charge in [0.15, 0.2) is 16.6 Å². The zero-order valence-electron chi connectivity index (χ0n) is 11.9. The lowest BCUT2D eigenvalue weighted by atomic mass is 10.3. The summed E-state index contributed by atoms with van der Waals surface area (Å²) in [7, 11) is 0. The van der Waals surface area contributed by atoms with Gasteiger partial charge in [0, 0.05) is 0 Å². The van der Waals surface area contributed by atoms with Crippen molar-refractivity contribution in [2.75, 3.05) is 0 Å². The number of imidazole rings is 1. The summed E-state index contributed by atoms with van der Waals surface area (Å²) in [6.07, 6.45) is -0.965. The van der Waals surface area contributed by atoms with Gasteiger partial charge >= 0.3 is 12.5 Å². The Morgan fingerprint density at radius 3 is 2.70 bits per heavy atom. The Balaban J connectivity index is 1.93. The minimum Gasteiger partial charge on any atom is -0.449 e. The highest BCUT2D eigenvalue weighted by Gasteiger charge is 2.25. The van der Waals surface area contributed by atoms with Gasteiger partial charge in [-0.1, -0.05) is 12.1 Å². The number of rotatable bonds is 4. The molecule has 5 nitrogen and oxygen atoms in total. The molecule has 0 aliphatic rings. The summed E-state index contributed by atoms with van der Waals surface area (Å²) in [5, 5.41) is 0. The lowest BCUT2D eigenvalue weighted by Crippen LogP contribution is -2.14. The smallest absolute Gasteiger partial charge is 0.374 e. The minimum absolute atomic E-state index is 0.0246. The van der Waals surface area contributed by atoms with E-state index in [9.17, 15) is 13.6 Å². The van der Waals surface area contributed by atoms with E-state index < -0.39 is 18.6 Å². The van der Waals surface area contributed by atoms with Crippen molar-refractivity contribution in [3.05, 3.63) is 52.7 Å². The molecule has 0 aliphatic heterocycles. The van der Waals surface area contributed by atoms with Crippen LogP contribution in [0.25, 0.3) is 11.0 Å². The van der Waals surface area contributed by atoms with Crippen molar-refractivity contribution in [1.29, 1.82) is 0 Å². The van der Waals surface area contributed by atoms with E-state index in [1.165, 1.54) is 25.1 Å². The topological polar surface area (TPSA) is 57.3 Å². The number of fused-ring (bicyclic) bond motifs is 1. The summed E-state index contributed by atoms with van der Waals surface area (Å²) in [4.78, 5) is 16.1. The first-order valence-corrected chi connectivity index (χ1v) is 7.48. The second kappa shape index (κ2) is 6.11. The van der Waals surface area contributed by atoms with Gasteiger partial charge in [0.05, 0.1) is 11.0 Å². The van der Waals surface area contributed by atoms with Crippen LogP contribution in [0, 0.1) is 0 Å². The average Bonchev–Trinajstić information content (AvgIpc) is 3.10. The molecular weight excluding hydrogens is 374 g/mol. The summed E-state index contributed by atoms with van der Waals surface area (Å²) < 4.78 is 38.1. The molecule has 0 amide bonds. The van der Waals surface area contributed by atoms with Crippen molar-refractivity contribution in [2.45, 2.75) is 19.6 Å². The molecule has 0 saturated heterocycles. The summed E-state index contributed by atoms with van der Waals surface area (Å²) in [6.45, 7) is -1.31. The molecule has 0 radical (unpaired) electrons. The van der Waals surface area contributed by atoms with Crippen LogP contribution in [0.2, 0.25) is 0 Å². The molecule has 0 N–H and O–H groups in total. The SMILES string of the molecule is CC(OC(=O)c1ccc(Br)o1)c1nc2ccccc2n1C(F)F. The van der Waals surface area contributed by atoms with Gasteiger partial charge in [0.25, 0.3) is 0 Å². The lowest BCUT2D eigenvalue weighted by molar-refractivity contribution is 0.0202. The van der Waals surface area contributed by atoms with Crippen LogP contribution in [0.4, 0.5) is 8.78 Å². The van der Waals surface area contributed by atoms with Crippen molar-refractivity contribution in [2.24, 2.45) is 0 Å². The molecule has 120 valence electrons. The van der Waals surface area contributed by atoms with Crippen LogP contribution < -0.4 is 0 Å². The first-order chi connectivity index (χ1) is 11.0. The maximum absolute atomic E-state index is 13.4. The highest BCUT2D eigenvalue weighted by Crippen LogP contribution is 2.28. The van der Waals surface area contributed by atoms with Crippen molar-refractivity contribution in [1.82, 2.24) is 9.55 Å². The number of ether oxygens (including phenoxy) is 1. The van der Waals surface area contributed by atoms with Crippen molar-refractivity contribution < 1.29 is 22.7 Å². The van der Waals surface area contributed by atoms with Crippen LogP contribution in [0.3, 0.4) is 0 Å². The third kappa shape index (κ3) is 2.98. The molecular formula is C15H11BrF2N2O3. The van der Waals surface area contributed by atoms with Crippen LogP contribution >= 0.6 is 15.9 Å². The molecule has 0 bridgehead atoms. The third-order valence-electron chi connectivity index (χ3n) is 3.24. The first-order valence-electron chi connectivity index (χ1n) is 6.68. The number of esters is 1. The van der Waals surface area contributed by atoms with E-state index in [-0.39, 0.29) is 17.1 Å². The first kappa shape index (κ1) is 15.7. The molecule has 3 aromatic rings. The maximum Gasteiger partial charge on any atom is 0.374 e. The van der Waals surface area contributed by atoms with Gasteiger partial charge in [-0.25, -0.2) is 9.78 Å². The number of furan rings is 1. The summed E-state index contributed by atoms with van der Waals surface area (Å²) >= 11 is 3.08. The quantitative estimate of drug-likeness (QED) is 0.611. The van der Waals surface area contributed by atoms with Crippen LogP contribution in [0.15, 0.2) is 45.5 Å². The molecule has 3 rings (SSSR count). The highest BCUT2D eigenvalue weighted by atomic mass is 79.9. The van der Waals surface area contributed by atoms with Gasteiger partial charge < -0.3 is 9.15 Å². The Morgan fingerprint density at radius 2 is 2.04 bits per heavy atom. The molecule has 1 atom stereocenters. The Kier molecular flexibility index (Phi) is 4.16. The number of halogens is 3. The maximum atomic E-state index is 13.4. The number of hydrogen-bond acceptors (Lipinski definition) is 4. The van der Waals surface area contributed by atoms with E-state index in [0.717, 1.165) is 4.57 Å². The summed E-state index contributed by atoms with van der Waals surface area (Å²) in [5.74, 6) is -0.806. The molecule has 1 unspecified atom stereocenters. The van der Waals surface area contributed by atoms with Gasteiger partial charge in [-0.15, -0.1) is 0 Å². The Morgan fingerprint density at radius 1 is 1.30 bits per heavy atom. The second-order valence-electron chi connectivity index (χ2n) is 4.76. The Hall–Kier alpha value is -2.22. The number of para-hydroxylation sites is 2. The molecule has 2 heterocycles. The van der Waals surface area contributed by atoms with E-state index >= 15 is 0 Å². The molecule has 0 aliphatic carbocycles. The Bertz CT molecular complexity index is 859. The molecule has 0 spiro atoms. The number of hydrogen-bond donors (Lipinski definition) is 0. The molecule has 2 aromatic heterocycles. The largest absolute Gasteiger partial charge is 0.449 e. The predicted molar refractivity (Wildman–Crippen MR) is 81.2 cm³/mol. The number of benzene rings is 1. The van der Waals surface area contributed by atoms with Crippen LogP contribution in [0.5, 0.6) is 0 Å². The van der Waals surface area contributed by atoms with Crippen LogP contribution in [-0.2, 0) is 4.74 Å². The lowest BCUT2D eigenvalue weighted by Gasteiger charge is -2.14. The number of aromatic nitrogens is 2. The third-order valence-corrected chi connectivity index (χ3v) is 3.67. The van der Waals surface area contributed by atoms with Crippen molar-refractivity contribution >= 4 is 32.9 Å². The summed E-state index contributed by atoms with van der Waals surface area (Å²) in [6, 6.07) is 9.46. The van der Waals surface area contributed by atoms with Gasteiger partial charge in [0.2, 0.25) is 5.76 Å². The standard InChI is InChI=1S/C15H11BrF2N2O3/c1-8(22-14(21)11-6-7-12(16)23-11)13-19-9-4-2-3-5-10(9)20(13)15(17)18/h2-8,15H,1H3. The minimum atomic E-state index is -2.80. The number of alkyl halides is 2. The van der Waals surface area contributed by atoms with E-state index in [1.54, 1.807) is 18.2 Å². The number of nitrogens with zero attached hydrogens (tertiary/aromatic N) is 2. The normalized spacial score (nSPS) is 12.7. The van der Waals surface area contributed by atoms with Gasteiger partial charge in [-0.3, -0.25) is 4.57 Å². The van der Waals surface area contributed by atoms with Crippen LogP contribution in [0.1, 0.15) is 36.0 Å². The fourth-order valence-corrected chi connectivity index (χ4v) is 2.56. The van der Waals surface area contributed by atoms with Gasteiger partial charge in [0.1, 0.15) is 0 Å². The van der Waals surface area contributed by atoms with E-state index in [2.05, 4.69) is 20.9 Å². The molecule has 8 heteroatoms. The van der Waals surface area contributed by atoms with Gasteiger partial charge in [-0.2, -0.15) is 8.78 Å². The zero-order valence-corrected chi connectivity index (χ0v) is 13.5. The Labute approximate surface area is 138 Å².